The molecule has 7 nitrogen and oxygen atoms in total. The second kappa shape index (κ2) is 10.2. The first-order valence-corrected chi connectivity index (χ1v) is 8.93. The second-order valence-electron chi connectivity index (χ2n) is 5.45. The van der Waals surface area contributed by atoms with Crippen molar-refractivity contribution in [2.24, 2.45) is 5.10 Å². The minimum atomic E-state index is -0.379. The number of benzene rings is 1. The Morgan fingerprint density at radius 1 is 1.04 bits per heavy atom. The van der Waals surface area contributed by atoms with Crippen molar-refractivity contribution in [3.63, 3.8) is 0 Å². The number of carbonyl (C=O) groups is 1. The maximum absolute atomic E-state index is 12.6. The maximum atomic E-state index is 12.6. The first kappa shape index (κ1) is 20.2. The Labute approximate surface area is 159 Å². The van der Waals surface area contributed by atoms with E-state index in [9.17, 15) is 4.79 Å². The summed E-state index contributed by atoms with van der Waals surface area (Å²) < 4.78 is 16.9. The number of nitrogens with one attached hydrogen (secondary N) is 1. The fourth-order valence-electron chi connectivity index (χ4n) is 2.35. The number of nitrogens with zero attached hydrogens (tertiary/aromatic N) is 2. The summed E-state index contributed by atoms with van der Waals surface area (Å²) in [6, 6.07) is 8.75. The Hall–Kier alpha value is -3.09. The topological polar surface area (TPSA) is 82.0 Å². The van der Waals surface area contributed by atoms with Crippen LogP contribution < -0.4 is 19.6 Å². The van der Waals surface area contributed by atoms with Gasteiger partial charge in [-0.05, 0) is 52.0 Å². The number of ether oxygens (including phenoxy) is 3. The standard InChI is InChI=1S/C20H25N3O4/c1-5-25-17-12-15(13-18(26-6-2)19(17)27-7-3)20(24)23-22-14(4)16-10-8-9-11-21-16/h8-13H,5-7H2,1-4H3,(H,23,24)/b22-14+. The highest BCUT2D eigenvalue weighted by Gasteiger charge is 2.18. The summed E-state index contributed by atoms with van der Waals surface area (Å²) in [7, 11) is 0. The van der Waals surface area contributed by atoms with Crippen LogP contribution in [0.4, 0.5) is 0 Å². The smallest absolute Gasteiger partial charge is 0.271 e. The molecule has 0 aliphatic rings. The van der Waals surface area contributed by atoms with E-state index in [1.165, 1.54) is 0 Å². The van der Waals surface area contributed by atoms with Crippen LogP contribution in [0.3, 0.4) is 0 Å². The van der Waals surface area contributed by atoms with E-state index in [0.29, 0.717) is 54.0 Å². The fraction of sp³-hybridized carbons (Fsp3) is 0.350. The van der Waals surface area contributed by atoms with Gasteiger partial charge in [0.2, 0.25) is 5.75 Å². The third kappa shape index (κ3) is 5.44. The molecule has 0 spiro atoms. The van der Waals surface area contributed by atoms with E-state index in [1.807, 2.05) is 39.0 Å². The Morgan fingerprint density at radius 2 is 1.67 bits per heavy atom. The molecule has 0 unspecified atom stereocenters. The van der Waals surface area contributed by atoms with Gasteiger partial charge in [0.25, 0.3) is 5.91 Å². The van der Waals surface area contributed by atoms with Gasteiger partial charge in [-0.3, -0.25) is 9.78 Å². The van der Waals surface area contributed by atoms with Gasteiger partial charge < -0.3 is 14.2 Å². The molecular weight excluding hydrogens is 346 g/mol. The van der Waals surface area contributed by atoms with E-state index in [0.717, 1.165) is 0 Å². The molecule has 1 aromatic heterocycles. The van der Waals surface area contributed by atoms with Crippen LogP contribution in [0, 0.1) is 0 Å². The molecule has 27 heavy (non-hydrogen) atoms. The maximum Gasteiger partial charge on any atom is 0.271 e. The number of pyridine rings is 1. The summed E-state index contributed by atoms with van der Waals surface area (Å²) in [6.45, 7) is 8.71. The SMILES string of the molecule is CCOc1cc(C(=O)N/N=C(\C)c2ccccn2)cc(OCC)c1OCC. The lowest BCUT2D eigenvalue weighted by molar-refractivity contribution is 0.0953. The lowest BCUT2D eigenvalue weighted by Crippen LogP contribution is -2.20. The third-order valence-corrected chi connectivity index (χ3v) is 3.53. The summed E-state index contributed by atoms with van der Waals surface area (Å²) in [4.78, 5) is 16.8. The molecule has 0 saturated carbocycles. The highest BCUT2D eigenvalue weighted by molar-refractivity contribution is 6.00. The quantitative estimate of drug-likeness (QED) is 0.539. The van der Waals surface area contributed by atoms with Crippen molar-refractivity contribution in [3.8, 4) is 17.2 Å². The highest BCUT2D eigenvalue weighted by Crippen LogP contribution is 2.39. The predicted molar refractivity (Wildman–Crippen MR) is 104 cm³/mol. The summed E-state index contributed by atoms with van der Waals surface area (Å²) in [6.07, 6.45) is 1.67. The van der Waals surface area contributed by atoms with Gasteiger partial charge in [-0.1, -0.05) is 6.07 Å². The van der Waals surface area contributed by atoms with Gasteiger partial charge in [0.15, 0.2) is 11.5 Å². The van der Waals surface area contributed by atoms with E-state index in [-0.39, 0.29) is 5.91 Å². The van der Waals surface area contributed by atoms with Crippen LogP contribution in [0.2, 0.25) is 0 Å². The van der Waals surface area contributed by atoms with E-state index in [2.05, 4.69) is 15.5 Å². The zero-order valence-electron chi connectivity index (χ0n) is 16.1. The van der Waals surface area contributed by atoms with Gasteiger partial charge in [0.05, 0.1) is 31.2 Å². The van der Waals surface area contributed by atoms with Gasteiger partial charge >= 0.3 is 0 Å². The summed E-state index contributed by atoms with van der Waals surface area (Å²) in [5, 5.41) is 4.12. The van der Waals surface area contributed by atoms with E-state index in [1.54, 1.807) is 25.3 Å². The molecule has 0 aliphatic carbocycles. The number of aromatic nitrogens is 1. The normalized spacial score (nSPS) is 11.0. The molecule has 7 heteroatoms. The van der Waals surface area contributed by atoms with E-state index in [4.69, 9.17) is 14.2 Å². The molecule has 0 saturated heterocycles. The minimum absolute atomic E-state index is 0.364. The van der Waals surface area contributed by atoms with Crippen LogP contribution in [0.15, 0.2) is 41.6 Å². The molecule has 0 atom stereocenters. The summed E-state index contributed by atoms with van der Waals surface area (Å²) in [5.41, 5.74) is 4.20. The third-order valence-electron chi connectivity index (χ3n) is 3.53. The molecule has 0 bridgehead atoms. The van der Waals surface area contributed by atoms with Crippen molar-refractivity contribution >= 4 is 11.6 Å². The van der Waals surface area contributed by atoms with Crippen molar-refractivity contribution in [2.45, 2.75) is 27.7 Å². The lowest BCUT2D eigenvalue weighted by atomic mass is 10.1. The molecular formula is C20H25N3O4. The first-order chi connectivity index (χ1) is 13.1. The Kier molecular flexibility index (Phi) is 7.61. The summed E-state index contributed by atoms with van der Waals surface area (Å²) >= 11 is 0. The van der Waals surface area contributed by atoms with Crippen LogP contribution in [-0.2, 0) is 0 Å². The first-order valence-electron chi connectivity index (χ1n) is 8.93. The van der Waals surface area contributed by atoms with Gasteiger partial charge in [-0.15, -0.1) is 0 Å². The fourth-order valence-corrected chi connectivity index (χ4v) is 2.35. The molecule has 0 radical (unpaired) electrons. The molecule has 1 amide bonds. The van der Waals surface area contributed by atoms with Gasteiger partial charge in [-0.2, -0.15) is 5.10 Å². The summed E-state index contributed by atoms with van der Waals surface area (Å²) in [5.74, 6) is 1.03. The Bertz CT molecular complexity index is 764. The molecule has 0 fully saturated rings. The molecule has 0 aliphatic heterocycles. The average molecular weight is 371 g/mol. The predicted octanol–water partition coefficient (Wildman–Crippen LogP) is 3.43. The van der Waals surface area contributed by atoms with Crippen molar-refractivity contribution in [2.75, 3.05) is 19.8 Å². The molecule has 1 heterocycles. The minimum Gasteiger partial charge on any atom is -0.490 e. The van der Waals surface area contributed by atoms with Crippen LogP contribution in [0.1, 0.15) is 43.7 Å². The van der Waals surface area contributed by atoms with Gasteiger partial charge in [-0.25, -0.2) is 5.43 Å². The number of carbonyl (C=O) groups excluding carboxylic acids is 1. The molecule has 1 N–H and O–H groups in total. The largest absolute Gasteiger partial charge is 0.490 e. The zero-order chi connectivity index (χ0) is 19.6. The van der Waals surface area contributed by atoms with Gasteiger partial charge in [0, 0.05) is 11.8 Å². The molecule has 1 aromatic carbocycles. The monoisotopic (exact) mass is 371 g/mol. The number of hydrogen-bond acceptors (Lipinski definition) is 6. The average Bonchev–Trinajstić information content (AvgIpc) is 2.69. The number of rotatable bonds is 9. The second-order valence-corrected chi connectivity index (χ2v) is 5.45. The number of hydrogen-bond donors (Lipinski definition) is 1. The van der Waals surface area contributed by atoms with Crippen molar-refractivity contribution in [1.82, 2.24) is 10.4 Å². The van der Waals surface area contributed by atoms with Crippen molar-refractivity contribution < 1.29 is 19.0 Å². The van der Waals surface area contributed by atoms with Crippen molar-refractivity contribution in [3.05, 3.63) is 47.8 Å². The van der Waals surface area contributed by atoms with Crippen LogP contribution in [-0.4, -0.2) is 36.4 Å². The zero-order valence-corrected chi connectivity index (χ0v) is 16.1. The molecule has 144 valence electrons. The van der Waals surface area contributed by atoms with Crippen LogP contribution >= 0.6 is 0 Å². The van der Waals surface area contributed by atoms with Gasteiger partial charge in [0.1, 0.15) is 0 Å². The Morgan fingerprint density at radius 3 is 2.19 bits per heavy atom. The van der Waals surface area contributed by atoms with Crippen molar-refractivity contribution in [1.29, 1.82) is 0 Å². The van der Waals surface area contributed by atoms with Crippen LogP contribution in [0.25, 0.3) is 0 Å². The van der Waals surface area contributed by atoms with E-state index >= 15 is 0 Å². The number of hydrazone groups is 1. The lowest BCUT2D eigenvalue weighted by Gasteiger charge is -2.16. The molecule has 2 rings (SSSR count). The highest BCUT2D eigenvalue weighted by atomic mass is 16.5. The molecule has 2 aromatic rings. The van der Waals surface area contributed by atoms with Crippen LogP contribution in [0.5, 0.6) is 17.2 Å². The van der Waals surface area contributed by atoms with E-state index < -0.39 is 0 Å². The Balaban J connectivity index is 2.29. The number of amides is 1.